The highest BCUT2D eigenvalue weighted by molar-refractivity contribution is 5.41. The van der Waals surface area contributed by atoms with Crippen molar-refractivity contribution in [3.8, 4) is 0 Å². The Morgan fingerprint density at radius 1 is 1.29 bits per heavy atom. The van der Waals surface area contributed by atoms with Gasteiger partial charge in [-0.1, -0.05) is 37.8 Å². The van der Waals surface area contributed by atoms with Crippen LogP contribution in [-0.2, 0) is 11.8 Å². The molecule has 0 aliphatic heterocycles. The normalized spacial score (nSPS) is 36.2. The molecule has 17 heavy (non-hydrogen) atoms. The Bertz CT molecular complexity index is 462. The van der Waals surface area contributed by atoms with E-state index in [2.05, 4.69) is 37.8 Å². The summed E-state index contributed by atoms with van der Waals surface area (Å²) in [6, 6.07) is 8.80. The number of rotatable bonds is 0. The first-order chi connectivity index (χ1) is 8.13. The van der Waals surface area contributed by atoms with Crippen LogP contribution in [0.1, 0.15) is 37.3 Å². The van der Waals surface area contributed by atoms with Gasteiger partial charge in [-0.25, -0.2) is 0 Å². The van der Waals surface area contributed by atoms with Crippen molar-refractivity contribution in [1.29, 1.82) is 0 Å². The summed E-state index contributed by atoms with van der Waals surface area (Å²) in [4.78, 5) is 0. The summed E-state index contributed by atoms with van der Waals surface area (Å²) < 4.78 is 0. The van der Waals surface area contributed by atoms with Crippen molar-refractivity contribution >= 4 is 0 Å². The van der Waals surface area contributed by atoms with Crippen molar-refractivity contribution in [3.05, 3.63) is 47.5 Å². The van der Waals surface area contributed by atoms with Crippen molar-refractivity contribution in [2.24, 2.45) is 5.92 Å². The van der Waals surface area contributed by atoms with Crippen LogP contribution < -0.4 is 0 Å². The Labute approximate surface area is 103 Å². The zero-order valence-corrected chi connectivity index (χ0v) is 10.4. The minimum absolute atomic E-state index is 0.200. The summed E-state index contributed by atoms with van der Waals surface area (Å²) >= 11 is 0. The van der Waals surface area contributed by atoms with Crippen molar-refractivity contribution < 1.29 is 5.11 Å². The van der Waals surface area contributed by atoms with Gasteiger partial charge in [-0.15, -0.1) is 0 Å². The van der Waals surface area contributed by atoms with Crippen LogP contribution in [0.5, 0.6) is 0 Å². The molecule has 3 rings (SSSR count). The first kappa shape index (κ1) is 11.0. The number of benzene rings is 1. The highest BCUT2D eigenvalue weighted by Gasteiger charge is 2.45. The Balaban J connectivity index is 2.09. The lowest BCUT2D eigenvalue weighted by atomic mass is 9.56. The van der Waals surface area contributed by atoms with Crippen molar-refractivity contribution in [2.75, 3.05) is 0 Å². The zero-order chi connectivity index (χ0) is 12.0. The topological polar surface area (TPSA) is 20.2 Å². The fourth-order valence-electron chi connectivity index (χ4n) is 3.86. The summed E-state index contributed by atoms with van der Waals surface area (Å²) in [6.07, 6.45) is 3.93. The molecule has 2 aliphatic rings. The molecule has 2 aliphatic carbocycles. The number of fused-ring (bicyclic) bond motifs is 3. The van der Waals surface area contributed by atoms with Gasteiger partial charge in [0, 0.05) is 0 Å². The molecule has 0 bridgehead atoms. The largest absolute Gasteiger partial charge is 0.389 e. The van der Waals surface area contributed by atoms with E-state index in [-0.39, 0.29) is 11.5 Å². The molecule has 0 unspecified atom stereocenters. The molecule has 0 saturated heterocycles. The molecule has 1 fully saturated rings. The number of aliphatic hydroxyl groups is 1. The average molecular weight is 228 g/mol. The Morgan fingerprint density at radius 3 is 2.88 bits per heavy atom. The highest BCUT2D eigenvalue weighted by atomic mass is 16.3. The second-order valence-electron chi connectivity index (χ2n) is 5.80. The molecule has 1 aromatic rings. The van der Waals surface area contributed by atoms with Crippen LogP contribution in [0, 0.1) is 5.92 Å². The highest BCUT2D eigenvalue weighted by Crippen LogP contribution is 2.51. The van der Waals surface area contributed by atoms with Gasteiger partial charge in [0.2, 0.25) is 0 Å². The van der Waals surface area contributed by atoms with Crippen LogP contribution in [0.15, 0.2) is 36.4 Å². The molecule has 1 saturated carbocycles. The van der Waals surface area contributed by atoms with Crippen molar-refractivity contribution in [2.45, 2.75) is 44.1 Å². The quantitative estimate of drug-likeness (QED) is 0.676. The maximum atomic E-state index is 9.98. The fraction of sp³-hybridized carbons (Fsp3) is 0.500. The summed E-state index contributed by atoms with van der Waals surface area (Å²) in [6.45, 7) is 6.50. The lowest BCUT2D eigenvalue weighted by molar-refractivity contribution is 0.109. The van der Waals surface area contributed by atoms with Crippen LogP contribution in [-0.4, -0.2) is 11.2 Å². The third kappa shape index (κ3) is 1.49. The van der Waals surface area contributed by atoms with Gasteiger partial charge in [0.05, 0.1) is 6.10 Å². The van der Waals surface area contributed by atoms with E-state index < -0.39 is 0 Å². The predicted molar refractivity (Wildman–Crippen MR) is 70.0 cm³/mol. The smallest absolute Gasteiger partial charge is 0.0750 e. The second-order valence-corrected chi connectivity index (χ2v) is 5.80. The SMILES string of the molecule is C=C1[C@H](O)CC[C@]2(C)c3ccccc3CC[C@@H]12. The third-order valence-corrected chi connectivity index (χ3v) is 4.92. The van der Waals surface area contributed by atoms with E-state index in [0.29, 0.717) is 5.92 Å². The lowest BCUT2D eigenvalue weighted by Gasteiger charge is -2.49. The van der Waals surface area contributed by atoms with Gasteiger partial charge >= 0.3 is 0 Å². The molecule has 1 aromatic carbocycles. The van der Waals surface area contributed by atoms with E-state index >= 15 is 0 Å². The second kappa shape index (κ2) is 3.71. The standard InChI is InChI=1S/C16H20O/c1-11-13-8-7-12-5-3-4-6-14(12)16(13,2)10-9-15(11)17/h3-6,13,15,17H,1,7-10H2,2H3/t13-,15+,16-/m0/s1. The van der Waals surface area contributed by atoms with E-state index in [1.807, 2.05) is 0 Å². The summed E-state index contributed by atoms with van der Waals surface area (Å²) in [5, 5.41) is 9.98. The van der Waals surface area contributed by atoms with E-state index in [0.717, 1.165) is 31.3 Å². The Hall–Kier alpha value is -1.08. The maximum absolute atomic E-state index is 9.98. The van der Waals surface area contributed by atoms with Crippen LogP contribution in [0.3, 0.4) is 0 Å². The van der Waals surface area contributed by atoms with Gasteiger partial charge < -0.3 is 5.11 Å². The number of aliphatic hydroxyl groups excluding tert-OH is 1. The number of aryl methyl sites for hydroxylation is 1. The van der Waals surface area contributed by atoms with E-state index in [4.69, 9.17) is 0 Å². The van der Waals surface area contributed by atoms with E-state index in [9.17, 15) is 5.11 Å². The molecule has 0 heterocycles. The molecule has 1 heteroatoms. The van der Waals surface area contributed by atoms with Gasteiger partial charge in [0.25, 0.3) is 0 Å². The monoisotopic (exact) mass is 228 g/mol. The first-order valence-electron chi connectivity index (χ1n) is 6.58. The lowest BCUT2D eigenvalue weighted by Crippen LogP contribution is -2.44. The summed E-state index contributed by atoms with van der Waals surface area (Å²) in [7, 11) is 0. The molecule has 1 N–H and O–H groups in total. The van der Waals surface area contributed by atoms with Gasteiger partial charge in [-0.05, 0) is 53.7 Å². The minimum atomic E-state index is -0.279. The van der Waals surface area contributed by atoms with Gasteiger partial charge in [0.1, 0.15) is 0 Å². The van der Waals surface area contributed by atoms with Crippen molar-refractivity contribution in [3.63, 3.8) is 0 Å². The van der Waals surface area contributed by atoms with Gasteiger partial charge in [-0.2, -0.15) is 0 Å². The molecular weight excluding hydrogens is 208 g/mol. The van der Waals surface area contributed by atoms with Crippen LogP contribution in [0.2, 0.25) is 0 Å². The molecule has 3 atom stereocenters. The van der Waals surface area contributed by atoms with Crippen molar-refractivity contribution in [1.82, 2.24) is 0 Å². The molecule has 0 aromatic heterocycles. The molecule has 0 amide bonds. The molecular formula is C16H20O. The fourth-order valence-corrected chi connectivity index (χ4v) is 3.86. The third-order valence-electron chi connectivity index (χ3n) is 4.92. The minimum Gasteiger partial charge on any atom is -0.389 e. The molecule has 0 radical (unpaired) electrons. The Morgan fingerprint density at radius 2 is 2.06 bits per heavy atom. The zero-order valence-electron chi connectivity index (χ0n) is 10.4. The summed E-state index contributed by atoms with van der Waals surface area (Å²) in [5.74, 6) is 0.459. The first-order valence-corrected chi connectivity index (χ1v) is 6.58. The molecule has 1 nitrogen and oxygen atoms in total. The number of hydrogen-bond acceptors (Lipinski definition) is 1. The van der Waals surface area contributed by atoms with Gasteiger partial charge in [-0.3, -0.25) is 0 Å². The molecule has 90 valence electrons. The summed E-state index contributed by atoms with van der Waals surface area (Å²) in [5.41, 5.74) is 4.25. The van der Waals surface area contributed by atoms with E-state index in [1.54, 1.807) is 0 Å². The predicted octanol–water partition coefficient (Wildman–Crippen LogP) is 3.22. The van der Waals surface area contributed by atoms with Crippen LogP contribution in [0.25, 0.3) is 0 Å². The maximum Gasteiger partial charge on any atom is 0.0750 e. The average Bonchev–Trinajstić information content (AvgIpc) is 2.35. The van der Waals surface area contributed by atoms with Crippen LogP contribution in [0.4, 0.5) is 0 Å². The molecule has 0 spiro atoms. The number of hydrogen-bond donors (Lipinski definition) is 1. The Kier molecular flexibility index (Phi) is 2.41. The van der Waals surface area contributed by atoms with E-state index in [1.165, 1.54) is 11.1 Å². The van der Waals surface area contributed by atoms with Crippen LogP contribution >= 0.6 is 0 Å². The van der Waals surface area contributed by atoms with Gasteiger partial charge in [0.15, 0.2) is 0 Å².